The van der Waals surface area contributed by atoms with E-state index in [1.807, 2.05) is 18.4 Å². The van der Waals surface area contributed by atoms with Crippen LogP contribution in [0.3, 0.4) is 0 Å². The second-order valence-electron chi connectivity index (χ2n) is 5.09. The number of thiophene rings is 1. The number of rotatable bonds is 5. The first kappa shape index (κ1) is 17.3. The molecule has 0 aliphatic heterocycles. The number of carbonyl (C=O) groups is 1. The van der Waals surface area contributed by atoms with Crippen molar-refractivity contribution in [3.63, 3.8) is 0 Å². The Morgan fingerprint density at radius 2 is 1.87 bits per heavy atom. The van der Waals surface area contributed by atoms with Crippen molar-refractivity contribution in [2.75, 3.05) is 13.7 Å². The summed E-state index contributed by atoms with van der Waals surface area (Å²) < 4.78 is 42.6. The normalized spacial score (nSPS) is 11.3. The summed E-state index contributed by atoms with van der Waals surface area (Å²) in [5, 5.41) is 1.96. The molecule has 0 spiro atoms. The van der Waals surface area contributed by atoms with Crippen LogP contribution in [0.2, 0.25) is 0 Å². The number of benzene rings is 1. The molecule has 2 aromatic rings. The zero-order chi connectivity index (χ0) is 17.0. The van der Waals surface area contributed by atoms with Gasteiger partial charge in [-0.25, -0.2) is 0 Å². The van der Waals surface area contributed by atoms with Gasteiger partial charge < -0.3 is 9.64 Å². The van der Waals surface area contributed by atoms with Crippen LogP contribution >= 0.6 is 11.3 Å². The van der Waals surface area contributed by atoms with Crippen LogP contribution in [0.15, 0.2) is 35.7 Å². The van der Waals surface area contributed by atoms with Crippen LogP contribution < -0.4 is 4.74 Å². The van der Waals surface area contributed by atoms with E-state index in [4.69, 9.17) is 4.74 Å². The summed E-state index contributed by atoms with van der Waals surface area (Å²) in [6.45, 7) is 2.24. The number of hydrogen-bond donors (Lipinski definition) is 0. The Bertz CT molecular complexity index is 665. The van der Waals surface area contributed by atoms with Crippen LogP contribution in [0, 0.1) is 6.92 Å². The van der Waals surface area contributed by atoms with Crippen LogP contribution in [0.5, 0.6) is 5.75 Å². The van der Waals surface area contributed by atoms with Crippen molar-refractivity contribution in [2.45, 2.75) is 19.6 Å². The molecule has 0 atom stereocenters. The second kappa shape index (κ2) is 7.04. The number of hydrogen-bond acceptors (Lipinski definition) is 3. The molecule has 0 bridgehead atoms. The largest absolute Gasteiger partial charge is 0.484 e. The van der Waals surface area contributed by atoms with Crippen molar-refractivity contribution in [2.24, 2.45) is 0 Å². The van der Waals surface area contributed by atoms with Gasteiger partial charge >= 0.3 is 6.18 Å². The summed E-state index contributed by atoms with van der Waals surface area (Å²) in [7, 11) is 1.66. The SMILES string of the molecule is Cc1ccsc1CN(C)C(=O)COc1ccc(C(F)(F)F)cc1. The summed E-state index contributed by atoms with van der Waals surface area (Å²) in [5.41, 5.74) is 0.375. The van der Waals surface area contributed by atoms with E-state index in [-0.39, 0.29) is 18.3 Å². The minimum absolute atomic E-state index is 0.216. The Balaban J connectivity index is 1.87. The topological polar surface area (TPSA) is 29.5 Å². The Morgan fingerprint density at radius 1 is 1.22 bits per heavy atom. The fourth-order valence-electron chi connectivity index (χ4n) is 1.87. The van der Waals surface area contributed by atoms with Gasteiger partial charge in [0.15, 0.2) is 6.61 Å². The number of halogens is 3. The Kier molecular flexibility index (Phi) is 5.30. The van der Waals surface area contributed by atoms with Gasteiger partial charge in [0.05, 0.1) is 12.1 Å². The third kappa shape index (κ3) is 4.72. The monoisotopic (exact) mass is 343 g/mol. The number of amides is 1. The zero-order valence-electron chi connectivity index (χ0n) is 12.7. The van der Waals surface area contributed by atoms with Gasteiger partial charge in [0.25, 0.3) is 5.91 Å². The predicted octanol–water partition coefficient (Wildman–Crippen LogP) is 4.11. The maximum Gasteiger partial charge on any atom is 0.416 e. The van der Waals surface area contributed by atoms with Gasteiger partial charge in [-0.3, -0.25) is 4.79 Å². The maximum absolute atomic E-state index is 12.5. The molecular formula is C16H16F3NO2S. The molecule has 3 nitrogen and oxygen atoms in total. The molecule has 0 saturated carbocycles. The van der Waals surface area contributed by atoms with Crippen molar-refractivity contribution in [1.82, 2.24) is 4.90 Å². The molecule has 0 fully saturated rings. The summed E-state index contributed by atoms with van der Waals surface area (Å²) in [5.74, 6) is -0.00949. The summed E-state index contributed by atoms with van der Waals surface area (Å²) in [6, 6.07) is 6.26. The molecule has 0 aliphatic rings. The van der Waals surface area contributed by atoms with Gasteiger partial charge in [0, 0.05) is 11.9 Å². The fourth-order valence-corrected chi connectivity index (χ4v) is 2.82. The van der Waals surface area contributed by atoms with Gasteiger partial charge in [0.2, 0.25) is 0 Å². The number of alkyl halides is 3. The van der Waals surface area contributed by atoms with E-state index in [1.54, 1.807) is 18.4 Å². The molecule has 0 N–H and O–H groups in total. The highest BCUT2D eigenvalue weighted by Gasteiger charge is 2.30. The highest BCUT2D eigenvalue weighted by molar-refractivity contribution is 7.10. The highest BCUT2D eigenvalue weighted by atomic mass is 32.1. The van der Waals surface area contributed by atoms with Crippen LogP contribution in [-0.4, -0.2) is 24.5 Å². The molecule has 124 valence electrons. The average Bonchev–Trinajstić information content (AvgIpc) is 2.89. The van der Waals surface area contributed by atoms with E-state index in [0.29, 0.717) is 6.54 Å². The van der Waals surface area contributed by atoms with E-state index in [0.717, 1.165) is 22.6 Å². The third-order valence-electron chi connectivity index (χ3n) is 3.32. The summed E-state index contributed by atoms with van der Waals surface area (Å²) in [4.78, 5) is 14.6. The minimum Gasteiger partial charge on any atom is -0.484 e. The van der Waals surface area contributed by atoms with E-state index in [9.17, 15) is 18.0 Å². The molecule has 1 amide bonds. The first-order valence-corrected chi connectivity index (χ1v) is 7.72. The lowest BCUT2D eigenvalue weighted by molar-refractivity contribution is -0.137. The quantitative estimate of drug-likeness (QED) is 0.818. The zero-order valence-corrected chi connectivity index (χ0v) is 13.5. The highest BCUT2D eigenvalue weighted by Crippen LogP contribution is 2.30. The van der Waals surface area contributed by atoms with Crippen LogP contribution in [0.4, 0.5) is 13.2 Å². The Labute approximate surface area is 136 Å². The Hall–Kier alpha value is -2.02. The molecule has 23 heavy (non-hydrogen) atoms. The van der Waals surface area contributed by atoms with E-state index in [2.05, 4.69) is 0 Å². The van der Waals surface area contributed by atoms with E-state index < -0.39 is 11.7 Å². The van der Waals surface area contributed by atoms with Crippen molar-refractivity contribution >= 4 is 17.2 Å². The van der Waals surface area contributed by atoms with Crippen molar-refractivity contribution in [3.05, 3.63) is 51.7 Å². The standard InChI is InChI=1S/C16H16F3NO2S/c1-11-7-8-23-14(11)9-20(2)15(21)10-22-13-5-3-12(4-6-13)16(17,18)19/h3-8H,9-10H2,1-2H3. The van der Waals surface area contributed by atoms with Gasteiger partial charge in [-0.05, 0) is 48.2 Å². The molecule has 7 heteroatoms. The number of aryl methyl sites for hydroxylation is 1. The molecule has 2 rings (SSSR count). The number of carbonyl (C=O) groups excluding carboxylic acids is 1. The molecule has 1 aromatic heterocycles. The van der Waals surface area contributed by atoms with E-state index >= 15 is 0 Å². The molecule has 1 heterocycles. The molecule has 0 saturated heterocycles. The van der Waals surface area contributed by atoms with Gasteiger partial charge in [-0.1, -0.05) is 0 Å². The molecule has 0 unspecified atom stereocenters. The van der Waals surface area contributed by atoms with Gasteiger partial charge in [0.1, 0.15) is 5.75 Å². The minimum atomic E-state index is -4.38. The molecule has 1 aromatic carbocycles. The molecular weight excluding hydrogens is 327 g/mol. The molecule has 0 aliphatic carbocycles. The lowest BCUT2D eigenvalue weighted by Gasteiger charge is -2.17. The summed E-state index contributed by atoms with van der Waals surface area (Å²) in [6.07, 6.45) is -4.38. The van der Waals surface area contributed by atoms with E-state index in [1.165, 1.54) is 17.0 Å². The number of likely N-dealkylation sites (N-methyl/N-ethyl adjacent to an activating group) is 1. The molecule has 0 radical (unpaired) electrons. The van der Waals surface area contributed by atoms with Crippen molar-refractivity contribution < 1.29 is 22.7 Å². The van der Waals surface area contributed by atoms with Crippen molar-refractivity contribution in [3.8, 4) is 5.75 Å². The lowest BCUT2D eigenvalue weighted by atomic mass is 10.2. The van der Waals surface area contributed by atoms with Gasteiger partial charge in [-0.15, -0.1) is 11.3 Å². The first-order chi connectivity index (χ1) is 10.8. The van der Waals surface area contributed by atoms with Gasteiger partial charge in [-0.2, -0.15) is 13.2 Å². The Morgan fingerprint density at radius 3 is 2.39 bits per heavy atom. The maximum atomic E-state index is 12.5. The summed E-state index contributed by atoms with van der Waals surface area (Å²) >= 11 is 1.57. The first-order valence-electron chi connectivity index (χ1n) is 6.84. The average molecular weight is 343 g/mol. The second-order valence-corrected chi connectivity index (χ2v) is 6.09. The van der Waals surface area contributed by atoms with Crippen LogP contribution in [0.1, 0.15) is 16.0 Å². The fraction of sp³-hybridized carbons (Fsp3) is 0.312. The van der Waals surface area contributed by atoms with Crippen LogP contribution in [0.25, 0.3) is 0 Å². The smallest absolute Gasteiger partial charge is 0.416 e. The van der Waals surface area contributed by atoms with Crippen LogP contribution in [-0.2, 0) is 17.5 Å². The lowest BCUT2D eigenvalue weighted by Crippen LogP contribution is -2.30. The number of nitrogens with zero attached hydrogens (tertiary/aromatic N) is 1. The number of ether oxygens (including phenoxy) is 1. The van der Waals surface area contributed by atoms with Crippen molar-refractivity contribution in [1.29, 1.82) is 0 Å². The third-order valence-corrected chi connectivity index (χ3v) is 4.33. The predicted molar refractivity (Wildman–Crippen MR) is 82.5 cm³/mol.